The third-order valence-corrected chi connectivity index (χ3v) is 4.69. The predicted octanol–water partition coefficient (Wildman–Crippen LogP) is 2.57. The summed E-state index contributed by atoms with van der Waals surface area (Å²) in [5.74, 6) is 2.15. The van der Waals surface area contributed by atoms with Crippen LogP contribution >= 0.6 is 11.8 Å². The van der Waals surface area contributed by atoms with Crippen molar-refractivity contribution in [3.8, 4) is 5.75 Å². The third-order valence-electron chi connectivity index (χ3n) is 3.60. The summed E-state index contributed by atoms with van der Waals surface area (Å²) in [6.07, 6.45) is 0.219. The van der Waals surface area contributed by atoms with Crippen molar-refractivity contribution in [3.63, 3.8) is 0 Å². The molecule has 0 aromatic heterocycles. The Morgan fingerprint density at radius 2 is 2.10 bits per heavy atom. The number of benzene rings is 1. The summed E-state index contributed by atoms with van der Waals surface area (Å²) in [6, 6.07) is 6.32. The summed E-state index contributed by atoms with van der Waals surface area (Å²) in [5, 5.41) is 8.98. The Bertz CT molecular complexity index is 472. The molecule has 1 aliphatic rings. The van der Waals surface area contributed by atoms with Crippen LogP contribution in [0.15, 0.2) is 18.2 Å². The number of rotatable bonds is 6. The Balaban J connectivity index is 1.84. The van der Waals surface area contributed by atoms with Crippen molar-refractivity contribution in [2.75, 3.05) is 31.2 Å². The van der Waals surface area contributed by atoms with Gasteiger partial charge < -0.3 is 9.84 Å². The number of carbonyl (C=O) groups is 1. The van der Waals surface area contributed by atoms with Gasteiger partial charge in [-0.2, -0.15) is 11.8 Å². The van der Waals surface area contributed by atoms with Gasteiger partial charge >= 0.3 is 5.97 Å². The summed E-state index contributed by atoms with van der Waals surface area (Å²) >= 11 is 1.84. The number of hydrogen-bond donors (Lipinski definition) is 1. The molecule has 1 aliphatic heterocycles. The third kappa shape index (κ3) is 5.25. The molecule has 0 saturated carbocycles. The predicted molar refractivity (Wildman–Crippen MR) is 86.3 cm³/mol. The van der Waals surface area contributed by atoms with E-state index in [1.165, 1.54) is 11.1 Å². The van der Waals surface area contributed by atoms with E-state index in [9.17, 15) is 4.79 Å². The van der Waals surface area contributed by atoms with Gasteiger partial charge in [0.05, 0.1) is 6.42 Å². The van der Waals surface area contributed by atoms with Gasteiger partial charge in [-0.25, -0.2) is 0 Å². The van der Waals surface area contributed by atoms with Crippen molar-refractivity contribution in [2.45, 2.75) is 26.3 Å². The lowest BCUT2D eigenvalue weighted by molar-refractivity contribution is -0.138. The molecule has 1 aromatic carbocycles. The van der Waals surface area contributed by atoms with Crippen LogP contribution in [-0.4, -0.2) is 53.2 Å². The first-order valence-corrected chi connectivity index (χ1v) is 8.45. The van der Waals surface area contributed by atoms with Crippen molar-refractivity contribution in [1.29, 1.82) is 0 Å². The Hall–Kier alpha value is -1.20. The molecule has 1 aromatic rings. The highest BCUT2D eigenvalue weighted by atomic mass is 32.2. The van der Waals surface area contributed by atoms with E-state index in [-0.39, 0.29) is 12.5 Å². The fourth-order valence-corrected chi connectivity index (χ4v) is 3.80. The van der Waals surface area contributed by atoms with Crippen LogP contribution in [0.2, 0.25) is 0 Å². The molecular weight excluding hydrogens is 286 g/mol. The molecule has 0 spiro atoms. The van der Waals surface area contributed by atoms with Gasteiger partial charge in [-0.1, -0.05) is 6.07 Å². The number of carboxylic acids is 1. The van der Waals surface area contributed by atoms with Gasteiger partial charge in [0.25, 0.3) is 0 Å². The van der Waals surface area contributed by atoms with Crippen molar-refractivity contribution in [1.82, 2.24) is 4.90 Å². The molecule has 21 heavy (non-hydrogen) atoms. The zero-order chi connectivity index (χ0) is 15.2. The topological polar surface area (TPSA) is 49.8 Å². The average Bonchev–Trinajstić information content (AvgIpc) is 2.39. The number of hydrogen-bond acceptors (Lipinski definition) is 4. The second-order valence-electron chi connectivity index (χ2n) is 5.53. The highest BCUT2D eigenvalue weighted by Crippen LogP contribution is 2.20. The Morgan fingerprint density at radius 3 is 2.76 bits per heavy atom. The maximum absolute atomic E-state index is 10.9. The zero-order valence-corrected chi connectivity index (χ0v) is 13.5. The van der Waals surface area contributed by atoms with Gasteiger partial charge in [-0.3, -0.25) is 9.69 Å². The first-order valence-electron chi connectivity index (χ1n) is 7.29. The summed E-state index contributed by atoms with van der Waals surface area (Å²) in [5.41, 5.74) is 2.39. The number of carboxylic acid groups (broad SMARTS) is 1. The second-order valence-corrected chi connectivity index (χ2v) is 6.68. The molecule has 1 N–H and O–H groups in total. The molecule has 1 saturated heterocycles. The molecule has 0 bridgehead atoms. The fraction of sp³-hybridized carbons (Fsp3) is 0.562. The van der Waals surface area contributed by atoms with E-state index in [1.54, 1.807) is 0 Å². The summed E-state index contributed by atoms with van der Waals surface area (Å²) in [6.45, 7) is 6.45. The van der Waals surface area contributed by atoms with E-state index in [0.717, 1.165) is 30.3 Å². The fourth-order valence-electron chi connectivity index (χ4n) is 2.67. The van der Waals surface area contributed by atoms with Crippen LogP contribution < -0.4 is 4.74 Å². The number of aryl methyl sites for hydroxylation is 2. The normalized spacial score (nSPS) is 19.4. The van der Waals surface area contributed by atoms with E-state index < -0.39 is 5.97 Å². The highest BCUT2D eigenvalue weighted by molar-refractivity contribution is 7.99. The first-order chi connectivity index (χ1) is 10.0. The maximum atomic E-state index is 10.9. The van der Waals surface area contributed by atoms with Gasteiger partial charge in [0.15, 0.2) is 0 Å². The Labute approximate surface area is 130 Å². The van der Waals surface area contributed by atoms with Crippen LogP contribution in [0.4, 0.5) is 0 Å². The van der Waals surface area contributed by atoms with Gasteiger partial charge in [0.1, 0.15) is 12.4 Å². The lowest BCUT2D eigenvalue weighted by Gasteiger charge is -2.34. The molecule has 1 atom stereocenters. The smallest absolute Gasteiger partial charge is 0.304 e. The van der Waals surface area contributed by atoms with Crippen LogP contribution in [0.5, 0.6) is 5.75 Å². The minimum atomic E-state index is -0.720. The van der Waals surface area contributed by atoms with Crippen LogP contribution in [0.1, 0.15) is 17.5 Å². The molecule has 5 heteroatoms. The molecule has 0 aliphatic carbocycles. The van der Waals surface area contributed by atoms with Crippen molar-refractivity contribution < 1.29 is 14.6 Å². The SMILES string of the molecule is Cc1cc(C)cc(OCCN2CCSCC2CC(=O)O)c1. The van der Waals surface area contributed by atoms with Crippen molar-refractivity contribution in [2.24, 2.45) is 0 Å². The summed E-state index contributed by atoms with van der Waals surface area (Å²) in [4.78, 5) is 13.2. The Kier molecular flexibility index (Phi) is 5.94. The van der Waals surface area contributed by atoms with Gasteiger partial charge in [0.2, 0.25) is 0 Å². The van der Waals surface area contributed by atoms with E-state index >= 15 is 0 Å². The molecule has 1 unspecified atom stereocenters. The largest absolute Gasteiger partial charge is 0.492 e. The maximum Gasteiger partial charge on any atom is 0.304 e. The number of thioether (sulfide) groups is 1. The van der Waals surface area contributed by atoms with Crippen LogP contribution in [-0.2, 0) is 4.79 Å². The minimum Gasteiger partial charge on any atom is -0.492 e. The molecule has 116 valence electrons. The molecule has 0 amide bonds. The van der Waals surface area contributed by atoms with Crippen molar-refractivity contribution in [3.05, 3.63) is 29.3 Å². The lowest BCUT2D eigenvalue weighted by atomic mass is 10.1. The number of aliphatic carboxylic acids is 1. The molecule has 4 nitrogen and oxygen atoms in total. The second kappa shape index (κ2) is 7.71. The van der Waals surface area contributed by atoms with Crippen molar-refractivity contribution >= 4 is 17.7 Å². The van der Waals surface area contributed by atoms with Gasteiger partial charge in [-0.15, -0.1) is 0 Å². The molecular formula is C16H23NO3S. The highest BCUT2D eigenvalue weighted by Gasteiger charge is 2.24. The van der Waals surface area contributed by atoms with Crippen LogP contribution in [0.25, 0.3) is 0 Å². The molecule has 0 radical (unpaired) electrons. The quantitative estimate of drug-likeness (QED) is 0.875. The summed E-state index contributed by atoms with van der Waals surface area (Å²) in [7, 11) is 0. The van der Waals surface area contributed by atoms with E-state index in [4.69, 9.17) is 9.84 Å². The Morgan fingerprint density at radius 1 is 1.38 bits per heavy atom. The van der Waals surface area contributed by atoms with E-state index in [0.29, 0.717) is 6.61 Å². The average molecular weight is 309 g/mol. The van der Waals surface area contributed by atoms with Gasteiger partial charge in [0, 0.05) is 30.6 Å². The standard InChI is InChI=1S/C16H23NO3S/c1-12-7-13(2)9-15(8-12)20-5-3-17-4-6-21-11-14(17)10-16(18)19/h7-9,14H,3-6,10-11H2,1-2H3,(H,18,19). The van der Waals surface area contributed by atoms with Crippen LogP contribution in [0, 0.1) is 13.8 Å². The van der Waals surface area contributed by atoms with Crippen LogP contribution in [0.3, 0.4) is 0 Å². The van der Waals surface area contributed by atoms with Gasteiger partial charge in [-0.05, 0) is 37.1 Å². The molecule has 1 fully saturated rings. The minimum absolute atomic E-state index is 0.129. The van der Waals surface area contributed by atoms with E-state index in [2.05, 4.69) is 24.8 Å². The monoisotopic (exact) mass is 309 g/mol. The van der Waals surface area contributed by atoms with E-state index in [1.807, 2.05) is 23.9 Å². The zero-order valence-electron chi connectivity index (χ0n) is 12.7. The molecule has 2 rings (SSSR count). The first kappa shape index (κ1) is 16.2. The lowest BCUT2D eigenvalue weighted by Crippen LogP contribution is -2.45. The summed E-state index contributed by atoms with van der Waals surface area (Å²) < 4.78 is 5.83. The number of ether oxygens (including phenoxy) is 1. The number of nitrogens with zero attached hydrogens (tertiary/aromatic N) is 1. The molecule has 1 heterocycles.